The third-order valence-electron chi connectivity index (χ3n) is 4.09. The highest BCUT2D eigenvalue weighted by Gasteiger charge is 2.09. The molecule has 0 unspecified atom stereocenters. The average molecular weight is 435 g/mol. The monoisotopic (exact) mass is 434 g/mol. The standard InChI is InChI=1S/C22H15ClN4O2S/c23-16-8-3-14(4-9-16)5-12-19(28)26-22(30)25-17-10-6-15(7-11-17)21-27-20-18(29-21)2-1-13-24-20/h1-13H,(H2,25,26,28,30). The maximum Gasteiger partial charge on any atom is 0.250 e. The number of pyridine rings is 1. The predicted octanol–water partition coefficient (Wildman–Crippen LogP) is 5.07. The summed E-state index contributed by atoms with van der Waals surface area (Å²) < 4.78 is 5.71. The Bertz CT molecular complexity index is 1200. The van der Waals surface area contributed by atoms with Crippen LogP contribution >= 0.6 is 23.8 Å². The zero-order valence-electron chi connectivity index (χ0n) is 15.5. The Morgan fingerprint density at radius 2 is 1.83 bits per heavy atom. The van der Waals surface area contributed by atoms with Crippen LogP contribution in [0.4, 0.5) is 5.69 Å². The van der Waals surface area contributed by atoms with Gasteiger partial charge in [-0.3, -0.25) is 10.1 Å². The van der Waals surface area contributed by atoms with Crippen molar-refractivity contribution < 1.29 is 9.21 Å². The lowest BCUT2D eigenvalue weighted by Crippen LogP contribution is -2.32. The van der Waals surface area contributed by atoms with E-state index in [2.05, 4.69) is 20.6 Å². The minimum Gasteiger partial charge on any atom is -0.434 e. The van der Waals surface area contributed by atoms with E-state index in [-0.39, 0.29) is 11.0 Å². The molecule has 4 aromatic rings. The zero-order chi connectivity index (χ0) is 20.9. The molecular formula is C22H15ClN4O2S. The summed E-state index contributed by atoms with van der Waals surface area (Å²) in [5, 5.41) is 6.41. The zero-order valence-corrected chi connectivity index (χ0v) is 17.1. The van der Waals surface area contributed by atoms with Crippen LogP contribution in [0.1, 0.15) is 5.56 Å². The van der Waals surface area contributed by atoms with E-state index in [1.54, 1.807) is 30.5 Å². The van der Waals surface area contributed by atoms with Crippen LogP contribution in [0.25, 0.3) is 28.8 Å². The Morgan fingerprint density at radius 1 is 1.07 bits per heavy atom. The van der Waals surface area contributed by atoms with Gasteiger partial charge in [0.15, 0.2) is 16.3 Å². The Labute approximate surface area is 182 Å². The maximum absolute atomic E-state index is 12.0. The topological polar surface area (TPSA) is 80.0 Å². The van der Waals surface area contributed by atoms with Crippen molar-refractivity contribution in [3.63, 3.8) is 0 Å². The van der Waals surface area contributed by atoms with Crippen molar-refractivity contribution >= 4 is 57.8 Å². The maximum atomic E-state index is 12.0. The Hall–Kier alpha value is -3.55. The van der Waals surface area contributed by atoms with Gasteiger partial charge in [0.25, 0.3) is 0 Å². The van der Waals surface area contributed by atoms with E-state index in [9.17, 15) is 4.79 Å². The molecule has 0 spiro atoms. The minimum atomic E-state index is -0.335. The van der Waals surface area contributed by atoms with Gasteiger partial charge in [-0.25, -0.2) is 4.98 Å². The number of amides is 1. The molecule has 8 heteroatoms. The molecule has 148 valence electrons. The van der Waals surface area contributed by atoms with Gasteiger partial charge in [-0.2, -0.15) is 4.98 Å². The number of oxazole rings is 1. The first-order chi connectivity index (χ1) is 14.6. The summed E-state index contributed by atoms with van der Waals surface area (Å²) in [6.45, 7) is 0. The molecule has 0 fully saturated rings. The van der Waals surface area contributed by atoms with E-state index < -0.39 is 0 Å². The number of halogens is 1. The van der Waals surface area contributed by atoms with Crippen LogP contribution in [-0.4, -0.2) is 21.0 Å². The molecule has 2 heterocycles. The van der Waals surface area contributed by atoms with Crippen molar-refractivity contribution in [3.8, 4) is 11.5 Å². The largest absolute Gasteiger partial charge is 0.434 e. The highest BCUT2D eigenvalue weighted by atomic mass is 35.5. The smallest absolute Gasteiger partial charge is 0.250 e. The average Bonchev–Trinajstić information content (AvgIpc) is 3.18. The Balaban J connectivity index is 1.35. The molecule has 6 nitrogen and oxygen atoms in total. The number of nitrogens with zero attached hydrogens (tertiary/aromatic N) is 2. The fourth-order valence-corrected chi connectivity index (χ4v) is 2.99. The van der Waals surface area contributed by atoms with Gasteiger partial charge in [0, 0.05) is 28.5 Å². The van der Waals surface area contributed by atoms with Gasteiger partial charge in [-0.15, -0.1) is 0 Å². The number of nitrogens with one attached hydrogen (secondary N) is 2. The molecule has 2 N–H and O–H groups in total. The van der Waals surface area contributed by atoms with Crippen molar-refractivity contribution in [1.29, 1.82) is 0 Å². The van der Waals surface area contributed by atoms with Crippen molar-refractivity contribution in [2.45, 2.75) is 0 Å². The third-order valence-corrected chi connectivity index (χ3v) is 4.54. The van der Waals surface area contributed by atoms with Gasteiger partial charge in [-0.1, -0.05) is 23.7 Å². The molecule has 2 aromatic heterocycles. The number of hydrogen-bond donors (Lipinski definition) is 2. The van der Waals surface area contributed by atoms with E-state index in [4.69, 9.17) is 28.2 Å². The lowest BCUT2D eigenvalue weighted by Gasteiger charge is -2.08. The highest BCUT2D eigenvalue weighted by molar-refractivity contribution is 7.80. The van der Waals surface area contributed by atoms with Crippen molar-refractivity contribution in [2.75, 3.05) is 5.32 Å². The van der Waals surface area contributed by atoms with Crippen LogP contribution in [0.2, 0.25) is 5.02 Å². The molecule has 0 saturated carbocycles. The van der Waals surface area contributed by atoms with E-state index in [0.29, 0.717) is 22.1 Å². The number of anilines is 1. The second-order valence-electron chi connectivity index (χ2n) is 6.25. The van der Waals surface area contributed by atoms with E-state index in [0.717, 1.165) is 16.8 Å². The number of carbonyl (C=O) groups excluding carboxylic acids is 1. The fourth-order valence-electron chi connectivity index (χ4n) is 2.65. The quantitative estimate of drug-likeness (QED) is 0.345. The fraction of sp³-hybridized carbons (Fsp3) is 0. The van der Waals surface area contributed by atoms with E-state index in [1.807, 2.05) is 42.5 Å². The van der Waals surface area contributed by atoms with Gasteiger partial charge < -0.3 is 9.73 Å². The molecule has 2 aromatic carbocycles. The molecule has 4 rings (SSSR count). The molecule has 0 atom stereocenters. The summed E-state index contributed by atoms with van der Waals surface area (Å²) in [6.07, 6.45) is 4.75. The highest BCUT2D eigenvalue weighted by Crippen LogP contribution is 2.24. The molecule has 0 aliphatic carbocycles. The summed E-state index contributed by atoms with van der Waals surface area (Å²) in [7, 11) is 0. The van der Waals surface area contributed by atoms with E-state index in [1.165, 1.54) is 6.08 Å². The molecule has 0 aliphatic rings. The lowest BCUT2D eigenvalue weighted by atomic mass is 10.2. The number of fused-ring (bicyclic) bond motifs is 1. The van der Waals surface area contributed by atoms with Crippen LogP contribution in [0.5, 0.6) is 0 Å². The van der Waals surface area contributed by atoms with Crippen LogP contribution < -0.4 is 10.6 Å². The number of benzene rings is 2. The first-order valence-electron chi connectivity index (χ1n) is 8.94. The minimum absolute atomic E-state index is 0.194. The molecule has 1 amide bonds. The molecule has 0 saturated heterocycles. The van der Waals surface area contributed by atoms with Gasteiger partial charge in [-0.05, 0) is 72.4 Å². The van der Waals surface area contributed by atoms with E-state index >= 15 is 0 Å². The molecule has 0 aliphatic heterocycles. The summed E-state index contributed by atoms with van der Waals surface area (Å²) in [5.41, 5.74) is 3.58. The third kappa shape index (κ3) is 4.89. The Morgan fingerprint density at radius 3 is 2.57 bits per heavy atom. The summed E-state index contributed by atoms with van der Waals surface area (Å²) in [4.78, 5) is 20.6. The predicted molar refractivity (Wildman–Crippen MR) is 122 cm³/mol. The summed E-state index contributed by atoms with van der Waals surface area (Å²) in [6, 6.07) is 18.1. The van der Waals surface area contributed by atoms with Gasteiger partial charge in [0.2, 0.25) is 11.8 Å². The number of thiocarbonyl (C=S) groups is 1. The van der Waals surface area contributed by atoms with Gasteiger partial charge >= 0.3 is 0 Å². The summed E-state index contributed by atoms with van der Waals surface area (Å²) >= 11 is 11.0. The van der Waals surface area contributed by atoms with Crippen molar-refractivity contribution in [1.82, 2.24) is 15.3 Å². The SMILES string of the molecule is O=C(C=Cc1ccc(Cl)cc1)NC(=S)Nc1ccc(-c2nc3ncccc3o2)cc1. The second kappa shape index (κ2) is 8.86. The van der Waals surface area contributed by atoms with Gasteiger partial charge in [0.1, 0.15) is 0 Å². The van der Waals surface area contributed by atoms with Crippen LogP contribution in [0.3, 0.4) is 0 Å². The molecule has 0 bridgehead atoms. The number of aromatic nitrogens is 2. The van der Waals surface area contributed by atoms with Crippen LogP contribution in [0, 0.1) is 0 Å². The van der Waals surface area contributed by atoms with Crippen LogP contribution in [0.15, 0.2) is 77.4 Å². The van der Waals surface area contributed by atoms with Gasteiger partial charge in [0.05, 0.1) is 0 Å². The molecule has 0 radical (unpaired) electrons. The lowest BCUT2D eigenvalue weighted by molar-refractivity contribution is -0.115. The Kier molecular flexibility index (Phi) is 5.83. The number of hydrogen-bond acceptors (Lipinski definition) is 5. The van der Waals surface area contributed by atoms with Crippen LogP contribution in [-0.2, 0) is 4.79 Å². The summed E-state index contributed by atoms with van der Waals surface area (Å²) in [5.74, 6) is 0.150. The first-order valence-corrected chi connectivity index (χ1v) is 9.73. The molecule has 30 heavy (non-hydrogen) atoms. The number of rotatable bonds is 4. The normalized spacial score (nSPS) is 11.0. The number of carbonyl (C=O) groups is 1. The molecular weight excluding hydrogens is 420 g/mol. The van der Waals surface area contributed by atoms with Crippen molar-refractivity contribution in [3.05, 3.63) is 83.5 Å². The second-order valence-corrected chi connectivity index (χ2v) is 7.09. The van der Waals surface area contributed by atoms with Crippen molar-refractivity contribution in [2.24, 2.45) is 0 Å². The first kappa shape index (κ1) is 19.8.